The van der Waals surface area contributed by atoms with Gasteiger partial charge < -0.3 is 14.5 Å². The quantitative estimate of drug-likeness (QED) is 0.355. The van der Waals surface area contributed by atoms with E-state index in [1.807, 2.05) is 59.5 Å². The van der Waals surface area contributed by atoms with E-state index in [9.17, 15) is 4.79 Å². The zero-order chi connectivity index (χ0) is 24.0. The average Bonchev–Trinajstić information content (AvgIpc) is 2.92. The van der Waals surface area contributed by atoms with E-state index in [1.165, 1.54) is 17.3 Å². The molecule has 4 aromatic rings. The first-order valence-corrected chi connectivity index (χ1v) is 12.8. The Morgan fingerprint density at radius 2 is 1.51 bits per heavy atom. The van der Waals surface area contributed by atoms with Crippen LogP contribution in [-0.2, 0) is 11.2 Å². The number of fused-ring (bicyclic) bond motifs is 1. The maximum atomic E-state index is 13.1. The molecule has 0 radical (unpaired) electrons. The van der Waals surface area contributed by atoms with E-state index in [4.69, 9.17) is 14.7 Å². The molecule has 5 rings (SSSR count). The van der Waals surface area contributed by atoms with Gasteiger partial charge in [-0.2, -0.15) is 0 Å². The minimum Gasteiger partial charge on any atom is -0.497 e. The number of benzene rings is 3. The van der Waals surface area contributed by atoms with Crippen molar-refractivity contribution in [2.45, 2.75) is 11.4 Å². The molecule has 0 unspecified atom stereocenters. The largest absolute Gasteiger partial charge is 0.497 e. The highest BCUT2D eigenvalue weighted by Crippen LogP contribution is 2.26. The Morgan fingerprint density at radius 1 is 0.857 bits per heavy atom. The van der Waals surface area contributed by atoms with Gasteiger partial charge in [-0.3, -0.25) is 4.79 Å². The van der Waals surface area contributed by atoms with Crippen molar-refractivity contribution in [1.29, 1.82) is 0 Å². The first-order valence-electron chi connectivity index (χ1n) is 11.8. The number of piperazine rings is 1. The van der Waals surface area contributed by atoms with Crippen molar-refractivity contribution in [1.82, 2.24) is 14.9 Å². The summed E-state index contributed by atoms with van der Waals surface area (Å²) in [6, 6.07) is 26.3. The van der Waals surface area contributed by atoms with E-state index >= 15 is 0 Å². The summed E-state index contributed by atoms with van der Waals surface area (Å²) in [7, 11) is 1.67. The number of hydrogen-bond donors (Lipinski definition) is 0. The van der Waals surface area contributed by atoms with Crippen LogP contribution >= 0.6 is 11.8 Å². The fourth-order valence-electron chi connectivity index (χ4n) is 4.27. The summed E-state index contributed by atoms with van der Waals surface area (Å²) in [5, 5.41) is 0.831. The number of carbonyl (C=O) groups excluding carboxylic acids is 1. The smallest absolute Gasteiger partial charge is 0.233 e. The summed E-state index contributed by atoms with van der Waals surface area (Å²) in [5.74, 6) is 1.35. The van der Waals surface area contributed by atoms with Crippen LogP contribution in [0.15, 0.2) is 83.9 Å². The van der Waals surface area contributed by atoms with Crippen LogP contribution in [-0.4, -0.2) is 59.8 Å². The Morgan fingerprint density at radius 3 is 2.20 bits per heavy atom. The van der Waals surface area contributed by atoms with Crippen LogP contribution < -0.4 is 9.64 Å². The molecule has 0 N–H and O–H groups in total. The molecular formula is C28H28N4O2S. The van der Waals surface area contributed by atoms with E-state index in [-0.39, 0.29) is 5.91 Å². The van der Waals surface area contributed by atoms with Gasteiger partial charge in [-0.05, 0) is 42.0 Å². The van der Waals surface area contributed by atoms with Gasteiger partial charge >= 0.3 is 0 Å². The van der Waals surface area contributed by atoms with Crippen molar-refractivity contribution in [3.05, 3.63) is 90.1 Å². The molecule has 7 heteroatoms. The minimum absolute atomic E-state index is 0.144. The van der Waals surface area contributed by atoms with Crippen LogP contribution in [0.2, 0.25) is 0 Å². The average molecular weight is 485 g/mol. The summed E-state index contributed by atoms with van der Waals surface area (Å²) in [6.07, 6.45) is 0.690. The molecule has 0 saturated carbocycles. The van der Waals surface area contributed by atoms with E-state index < -0.39 is 0 Å². The fraction of sp³-hybridized carbons (Fsp3) is 0.250. The second-order valence-corrected chi connectivity index (χ2v) is 9.45. The first kappa shape index (κ1) is 23.2. The van der Waals surface area contributed by atoms with Gasteiger partial charge in [0.25, 0.3) is 0 Å². The second kappa shape index (κ2) is 10.8. The van der Waals surface area contributed by atoms with Crippen molar-refractivity contribution in [3.8, 4) is 5.75 Å². The third-order valence-corrected chi connectivity index (χ3v) is 7.21. The van der Waals surface area contributed by atoms with Crippen molar-refractivity contribution in [3.63, 3.8) is 0 Å². The highest BCUT2D eigenvalue weighted by Gasteiger charge is 2.22. The number of amides is 1. The third-order valence-electron chi connectivity index (χ3n) is 6.22. The van der Waals surface area contributed by atoms with Crippen molar-refractivity contribution in [2.75, 3.05) is 43.9 Å². The number of methoxy groups -OCH3 is 1. The summed E-state index contributed by atoms with van der Waals surface area (Å²) in [5.41, 5.74) is 4.98. The zero-order valence-corrected chi connectivity index (χ0v) is 20.6. The molecule has 178 valence electrons. The Bertz CT molecular complexity index is 1290. The van der Waals surface area contributed by atoms with Crippen LogP contribution in [0, 0.1) is 0 Å². The van der Waals surface area contributed by atoms with Crippen molar-refractivity contribution in [2.24, 2.45) is 0 Å². The van der Waals surface area contributed by atoms with Crippen LogP contribution in [0.3, 0.4) is 0 Å². The number of nitrogens with zero attached hydrogens (tertiary/aromatic N) is 4. The maximum Gasteiger partial charge on any atom is 0.233 e. The van der Waals surface area contributed by atoms with E-state index in [0.717, 1.165) is 46.3 Å². The number of aromatic nitrogens is 2. The number of anilines is 1. The molecule has 0 bridgehead atoms. The lowest BCUT2D eigenvalue weighted by atomic mass is 10.1. The Balaban J connectivity index is 1.24. The summed E-state index contributed by atoms with van der Waals surface area (Å²) < 4.78 is 5.25. The number of para-hydroxylation sites is 2. The molecule has 3 aromatic carbocycles. The van der Waals surface area contributed by atoms with Crippen LogP contribution in [0.4, 0.5) is 5.69 Å². The molecule has 1 aliphatic heterocycles. The van der Waals surface area contributed by atoms with Gasteiger partial charge in [0.1, 0.15) is 10.8 Å². The van der Waals surface area contributed by atoms with Crippen molar-refractivity contribution >= 4 is 34.4 Å². The lowest BCUT2D eigenvalue weighted by Crippen LogP contribution is -2.49. The molecule has 1 amide bonds. The van der Waals surface area contributed by atoms with Gasteiger partial charge in [-0.25, -0.2) is 9.97 Å². The number of carbonyl (C=O) groups is 1. The maximum absolute atomic E-state index is 13.1. The van der Waals surface area contributed by atoms with Gasteiger partial charge in [0.05, 0.1) is 29.6 Å². The van der Waals surface area contributed by atoms with E-state index in [2.05, 4.69) is 29.2 Å². The monoisotopic (exact) mass is 484 g/mol. The lowest BCUT2D eigenvalue weighted by molar-refractivity contribution is -0.128. The molecule has 6 nitrogen and oxygen atoms in total. The lowest BCUT2D eigenvalue weighted by Gasteiger charge is -2.36. The molecule has 1 saturated heterocycles. The van der Waals surface area contributed by atoms with E-state index in [1.54, 1.807) is 7.11 Å². The van der Waals surface area contributed by atoms with Crippen LogP contribution in [0.25, 0.3) is 11.0 Å². The molecule has 1 aromatic heterocycles. The highest BCUT2D eigenvalue weighted by atomic mass is 32.2. The Kier molecular flexibility index (Phi) is 7.14. The van der Waals surface area contributed by atoms with Gasteiger partial charge in [-0.1, -0.05) is 54.2 Å². The SMILES string of the molecule is COc1ccc(N2CCN(C(=O)CSc3nc4ccccc4nc3Cc3ccccc3)CC2)cc1. The molecule has 1 fully saturated rings. The predicted octanol–water partition coefficient (Wildman–Crippen LogP) is 4.67. The molecule has 2 heterocycles. The highest BCUT2D eigenvalue weighted by molar-refractivity contribution is 7.99. The Hall–Kier alpha value is -3.58. The molecule has 0 spiro atoms. The summed E-state index contributed by atoms with van der Waals surface area (Å²) in [4.78, 5) is 27.1. The molecule has 35 heavy (non-hydrogen) atoms. The molecule has 1 aliphatic rings. The normalized spacial score (nSPS) is 13.7. The second-order valence-electron chi connectivity index (χ2n) is 8.48. The number of rotatable bonds is 7. The third kappa shape index (κ3) is 5.57. The first-order chi connectivity index (χ1) is 17.2. The van der Waals surface area contributed by atoms with Crippen molar-refractivity contribution < 1.29 is 9.53 Å². The fourth-order valence-corrected chi connectivity index (χ4v) is 5.16. The van der Waals surface area contributed by atoms with E-state index in [0.29, 0.717) is 25.3 Å². The van der Waals surface area contributed by atoms with Gasteiger partial charge in [0, 0.05) is 38.3 Å². The molecule has 0 aliphatic carbocycles. The summed E-state index contributed by atoms with van der Waals surface area (Å²) >= 11 is 1.49. The van der Waals surface area contributed by atoms with Gasteiger partial charge in [-0.15, -0.1) is 0 Å². The Labute approximate surface area is 209 Å². The number of thioether (sulfide) groups is 1. The van der Waals surface area contributed by atoms with Gasteiger partial charge in [0.2, 0.25) is 5.91 Å². The van der Waals surface area contributed by atoms with Crippen LogP contribution in [0.1, 0.15) is 11.3 Å². The predicted molar refractivity (Wildman–Crippen MR) is 141 cm³/mol. The van der Waals surface area contributed by atoms with Gasteiger partial charge in [0.15, 0.2) is 0 Å². The number of hydrogen-bond acceptors (Lipinski definition) is 6. The number of ether oxygens (including phenoxy) is 1. The topological polar surface area (TPSA) is 58.6 Å². The molecular weight excluding hydrogens is 456 g/mol. The zero-order valence-electron chi connectivity index (χ0n) is 19.8. The standard InChI is InChI=1S/C28H28N4O2S/c1-34-23-13-11-22(12-14-23)31-15-17-32(18-16-31)27(33)20-35-28-26(19-21-7-3-2-4-8-21)29-24-9-5-6-10-25(24)30-28/h2-14H,15-20H2,1H3. The van der Waals surface area contributed by atoms with Crippen LogP contribution in [0.5, 0.6) is 5.75 Å². The minimum atomic E-state index is 0.144. The molecule has 0 atom stereocenters. The summed E-state index contributed by atoms with van der Waals surface area (Å²) in [6.45, 7) is 3.06.